The Hall–Kier alpha value is -0.900. The molecule has 1 saturated heterocycles. The van der Waals surface area contributed by atoms with E-state index in [1.165, 1.54) is 25.7 Å². The van der Waals surface area contributed by atoms with E-state index in [1.807, 2.05) is 7.05 Å². The predicted octanol–water partition coefficient (Wildman–Crippen LogP) is 2.92. The molecule has 2 atom stereocenters. The van der Waals surface area contributed by atoms with Crippen molar-refractivity contribution >= 4 is 29.9 Å². The second kappa shape index (κ2) is 9.07. The van der Waals surface area contributed by atoms with Crippen molar-refractivity contribution in [3.05, 3.63) is 12.2 Å². The summed E-state index contributed by atoms with van der Waals surface area (Å²) in [5.74, 6) is 2.57. The molecule has 1 aliphatic heterocycles. The molecule has 1 aromatic rings. The summed E-state index contributed by atoms with van der Waals surface area (Å²) in [5.41, 5.74) is 0.337. The Balaban J connectivity index is 0.00000210. The summed E-state index contributed by atoms with van der Waals surface area (Å²) in [6.45, 7) is 4.96. The molecule has 7 nitrogen and oxygen atoms in total. The summed E-state index contributed by atoms with van der Waals surface area (Å²) < 4.78 is 6.05. The Morgan fingerprint density at radius 3 is 2.70 bits per heavy atom. The standard InChI is InChI=1S/C19H32N6O.HI/c1-3-26-16-12-15(19(16)8-4-5-9-19)23-18(20-2)25-10-6-14(7-11-25)17-21-13-22-24-17;/h13-16H,3-12H2,1-2H3,(H,20,23)(H,21,22,24);1H. The molecule has 0 bridgehead atoms. The van der Waals surface area contributed by atoms with Gasteiger partial charge < -0.3 is 15.0 Å². The summed E-state index contributed by atoms with van der Waals surface area (Å²) in [6.07, 6.45) is 10.6. The van der Waals surface area contributed by atoms with Crippen LogP contribution in [0.25, 0.3) is 0 Å². The zero-order valence-corrected chi connectivity index (χ0v) is 18.8. The zero-order chi connectivity index (χ0) is 18.0. The van der Waals surface area contributed by atoms with Gasteiger partial charge in [-0.25, -0.2) is 4.98 Å². The maximum Gasteiger partial charge on any atom is 0.193 e. The third-order valence-corrected chi connectivity index (χ3v) is 6.82. The van der Waals surface area contributed by atoms with Crippen molar-refractivity contribution in [3.8, 4) is 0 Å². The lowest BCUT2D eigenvalue weighted by atomic mass is 9.60. The number of ether oxygens (including phenoxy) is 1. The van der Waals surface area contributed by atoms with Gasteiger partial charge in [0.25, 0.3) is 0 Å². The van der Waals surface area contributed by atoms with Gasteiger partial charge in [0.1, 0.15) is 12.2 Å². The lowest BCUT2D eigenvalue weighted by Gasteiger charge is -2.55. The van der Waals surface area contributed by atoms with Crippen LogP contribution in [0.1, 0.15) is 63.6 Å². The first-order chi connectivity index (χ1) is 12.8. The molecule has 2 heterocycles. The van der Waals surface area contributed by atoms with Crippen molar-refractivity contribution in [1.82, 2.24) is 25.4 Å². The Kier molecular flexibility index (Phi) is 6.99. The number of nitrogens with one attached hydrogen (secondary N) is 2. The Bertz CT molecular complexity index is 608. The number of rotatable bonds is 4. The molecule has 8 heteroatoms. The van der Waals surface area contributed by atoms with Crippen molar-refractivity contribution in [2.75, 3.05) is 26.7 Å². The lowest BCUT2D eigenvalue weighted by molar-refractivity contribution is -0.126. The van der Waals surface area contributed by atoms with Gasteiger partial charge in [-0.1, -0.05) is 12.8 Å². The summed E-state index contributed by atoms with van der Waals surface area (Å²) in [7, 11) is 1.91. The molecule has 0 radical (unpaired) electrons. The van der Waals surface area contributed by atoms with E-state index in [0.29, 0.717) is 23.5 Å². The monoisotopic (exact) mass is 488 g/mol. The van der Waals surface area contributed by atoms with Gasteiger partial charge in [0, 0.05) is 44.1 Å². The first-order valence-corrected chi connectivity index (χ1v) is 10.2. The normalized spacial score (nSPS) is 28.1. The first-order valence-electron chi connectivity index (χ1n) is 10.2. The third kappa shape index (κ3) is 3.97. The Labute approximate surface area is 179 Å². The highest BCUT2D eigenvalue weighted by atomic mass is 127. The average Bonchev–Trinajstić information content (AvgIpc) is 3.38. The molecule has 0 aromatic carbocycles. The Morgan fingerprint density at radius 2 is 2.11 bits per heavy atom. The fourth-order valence-electron chi connectivity index (χ4n) is 5.32. The number of piperidine rings is 1. The second-order valence-corrected chi connectivity index (χ2v) is 8.00. The Morgan fingerprint density at radius 1 is 1.37 bits per heavy atom. The number of likely N-dealkylation sites (tertiary alicyclic amines) is 1. The number of aliphatic imine (C=N–C) groups is 1. The van der Waals surface area contributed by atoms with Crippen LogP contribution in [0.2, 0.25) is 0 Å². The highest BCUT2D eigenvalue weighted by Crippen LogP contribution is 2.54. The number of halogens is 1. The van der Waals surface area contributed by atoms with E-state index in [2.05, 4.69) is 37.3 Å². The van der Waals surface area contributed by atoms with Gasteiger partial charge in [-0.3, -0.25) is 10.1 Å². The molecule has 0 amide bonds. The molecule has 2 saturated carbocycles. The van der Waals surface area contributed by atoms with Crippen molar-refractivity contribution < 1.29 is 4.74 Å². The SMILES string of the molecule is CCOC1CC(NC(=NC)N2CCC(c3ncn[nH]3)CC2)C12CCCC2.I. The minimum Gasteiger partial charge on any atom is -0.378 e. The molecule has 27 heavy (non-hydrogen) atoms. The van der Waals surface area contributed by atoms with Gasteiger partial charge in [0.2, 0.25) is 0 Å². The van der Waals surface area contributed by atoms with Gasteiger partial charge in [-0.05, 0) is 39.0 Å². The van der Waals surface area contributed by atoms with Crippen molar-refractivity contribution in [2.45, 2.75) is 69.9 Å². The van der Waals surface area contributed by atoms with Crippen LogP contribution in [-0.2, 0) is 4.74 Å². The van der Waals surface area contributed by atoms with E-state index in [1.54, 1.807) is 6.33 Å². The number of aromatic amines is 1. The summed E-state index contributed by atoms with van der Waals surface area (Å²) >= 11 is 0. The predicted molar refractivity (Wildman–Crippen MR) is 117 cm³/mol. The molecule has 3 aliphatic rings. The van der Waals surface area contributed by atoms with Crippen molar-refractivity contribution in [2.24, 2.45) is 10.4 Å². The molecule has 4 rings (SSSR count). The molecule has 2 unspecified atom stereocenters. The zero-order valence-electron chi connectivity index (χ0n) is 16.5. The molecule has 1 spiro atoms. The fraction of sp³-hybridized carbons (Fsp3) is 0.842. The van der Waals surface area contributed by atoms with Gasteiger partial charge in [-0.15, -0.1) is 24.0 Å². The highest BCUT2D eigenvalue weighted by molar-refractivity contribution is 14.0. The summed E-state index contributed by atoms with van der Waals surface area (Å²) in [4.78, 5) is 11.3. The smallest absolute Gasteiger partial charge is 0.193 e. The third-order valence-electron chi connectivity index (χ3n) is 6.82. The second-order valence-electron chi connectivity index (χ2n) is 8.00. The summed E-state index contributed by atoms with van der Waals surface area (Å²) in [6, 6.07) is 0.507. The van der Waals surface area contributed by atoms with Crippen molar-refractivity contribution in [1.29, 1.82) is 0 Å². The maximum atomic E-state index is 6.05. The largest absolute Gasteiger partial charge is 0.378 e. The van der Waals surface area contributed by atoms with E-state index in [0.717, 1.165) is 50.7 Å². The van der Waals surface area contributed by atoms with Gasteiger partial charge in [0.15, 0.2) is 5.96 Å². The highest BCUT2D eigenvalue weighted by Gasteiger charge is 2.57. The van der Waals surface area contributed by atoms with Crippen LogP contribution in [0.5, 0.6) is 0 Å². The number of aromatic nitrogens is 3. The van der Waals surface area contributed by atoms with Crippen LogP contribution in [0, 0.1) is 5.41 Å². The number of hydrogen-bond donors (Lipinski definition) is 2. The van der Waals surface area contributed by atoms with E-state index >= 15 is 0 Å². The minimum absolute atomic E-state index is 0. The molecule has 3 fully saturated rings. The fourth-order valence-corrected chi connectivity index (χ4v) is 5.32. The van der Waals surface area contributed by atoms with Crippen LogP contribution in [0.3, 0.4) is 0 Å². The van der Waals surface area contributed by atoms with Gasteiger partial charge in [-0.2, -0.15) is 5.10 Å². The van der Waals surface area contributed by atoms with Crippen LogP contribution in [0.4, 0.5) is 0 Å². The van der Waals surface area contributed by atoms with E-state index in [9.17, 15) is 0 Å². The van der Waals surface area contributed by atoms with Gasteiger partial charge in [0.05, 0.1) is 6.10 Å². The minimum atomic E-state index is 0. The molecular formula is C19H33IN6O. The van der Waals surface area contributed by atoms with E-state index in [-0.39, 0.29) is 24.0 Å². The number of hydrogen-bond acceptors (Lipinski definition) is 4. The average molecular weight is 488 g/mol. The van der Waals surface area contributed by atoms with E-state index in [4.69, 9.17) is 4.74 Å². The number of nitrogens with zero attached hydrogens (tertiary/aromatic N) is 4. The molecule has 1 aromatic heterocycles. The molecule has 152 valence electrons. The van der Waals surface area contributed by atoms with Crippen LogP contribution >= 0.6 is 24.0 Å². The van der Waals surface area contributed by atoms with E-state index < -0.39 is 0 Å². The quantitative estimate of drug-likeness (QED) is 0.387. The molecular weight excluding hydrogens is 455 g/mol. The first kappa shape index (κ1) is 20.8. The maximum absolute atomic E-state index is 6.05. The van der Waals surface area contributed by atoms with Crippen LogP contribution in [0.15, 0.2) is 11.3 Å². The number of H-pyrrole nitrogens is 1. The lowest BCUT2D eigenvalue weighted by Crippen LogP contribution is -2.65. The van der Waals surface area contributed by atoms with Gasteiger partial charge >= 0.3 is 0 Å². The summed E-state index contributed by atoms with van der Waals surface area (Å²) in [5, 5.41) is 10.8. The number of guanidine groups is 1. The topological polar surface area (TPSA) is 78.4 Å². The molecule has 2 aliphatic carbocycles. The van der Waals surface area contributed by atoms with Crippen molar-refractivity contribution in [3.63, 3.8) is 0 Å². The van der Waals surface area contributed by atoms with Crippen LogP contribution in [-0.4, -0.2) is 64.9 Å². The van der Waals surface area contributed by atoms with Crippen LogP contribution < -0.4 is 5.32 Å². The molecule has 2 N–H and O–H groups in total.